The van der Waals surface area contributed by atoms with Crippen molar-refractivity contribution in [3.8, 4) is 0 Å². The molecule has 1 aliphatic heterocycles. The Morgan fingerprint density at radius 1 is 1.09 bits per heavy atom. The molecular formula is C18H30O3S. The van der Waals surface area contributed by atoms with Crippen LogP contribution in [0.1, 0.15) is 57.8 Å². The van der Waals surface area contributed by atoms with Crippen LogP contribution in [0.5, 0.6) is 0 Å². The van der Waals surface area contributed by atoms with Crippen molar-refractivity contribution in [2.75, 3.05) is 26.1 Å². The van der Waals surface area contributed by atoms with Gasteiger partial charge in [-0.2, -0.15) is 0 Å². The van der Waals surface area contributed by atoms with E-state index in [1.807, 2.05) is 6.26 Å². The zero-order chi connectivity index (χ0) is 15.3. The molecule has 3 aliphatic rings. The molecule has 0 N–H and O–H groups in total. The molecule has 2 saturated carbocycles. The van der Waals surface area contributed by atoms with E-state index in [1.54, 1.807) is 5.57 Å². The second-order valence-electron chi connectivity index (χ2n) is 6.92. The van der Waals surface area contributed by atoms with Crippen LogP contribution in [-0.4, -0.2) is 31.9 Å². The lowest BCUT2D eigenvalue weighted by Gasteiger charge is -2.40. The van der Waals surface area contributed by atoms with Crippen molar-refractivity contribution >= 4 is 12.0 Å². The van der Waals surface area contributed by atoms with Crippen LogP contribution >= 0.6 is 12.0 Å². The van der Waals surface area contributed by atoms with Crippen molar-refractivity contribution in [3.05, 3.63) is 11.6 Å². The third-order valence-electron chi connectivity index (χ3n) is 5.70. The maximum atomic E-state index is 5.85. The highest BCUT2D eigenvalue weighted by atomic mass is 32.2. The van der Waals surface area contributed by atoms with Crippen LogP contribution in [0.4, 0.5) is 0 Å². The first-order valence-corrected chi connectivity index (χ1v) is 10.1. The molecule has 3 rings (SSSR count). The van der Waals surface area contributed by atoms with Crippen molar-refractivity contribution < 1.29 is 13.7 Å². The van der Waals surface area contributed by atoms with Gasteiger partial charge in [0.1, 0.15) is 0 Å². The highest BCUT2D eigenvalue weighted by Gasteiger charge is 2.42. The predicted molar refractivity (Wildman–Crippen MR) is 90.7 cm³/mol. The number of rotatable bonds is 5. The Hall–Kier alpha value is -0.0300. The van der Waals surface area contributed by atoms with Gasteiger partial charge < -0.3 is 13.7 Å². The summed E-state index contributed by atoms with van der Waals surface area (Å²) in [5, 5.41) is 0. The van der Waals surface area contributed by atoms with Gasteiger partial charge in [-0.3, -0.25) is 0 Å². The molecule has 0 aromatic rings. The third kappa shape index (κ3) is 4.28. The van der Waals surface area contributed by atoms with Gasteiger partial charge in [-0.05, 0) is 68.8 Å². The van der Waals surface area contributed by atoms with E-state index in [2.05, 4.69) is 6.08 Å². The molecule has 2 aliphatic carbocycles. The van der Waals surface area contributed by atoms with Crippen LogP contribution in [0.25, 0.3) is 0 Å². The van der Waals surface area contributed by atoms with Crippen LogP contribution in [0.2, 0.25) is 0 Å². The number of ether oxygens (including phenoxy) is 2. The first kappa shape index (κ1) is 16.8. The Morgan fingerprint density at radius 2 is 1.73 bits per heavy atom. The molecule has 0 unspecified atom stereocenters. The van der Waals surface area contributed by atoms with Crippen molar-refractivity contribution in [1.29, 1.82) is 0 Å². The zero-order valence-corrected chi connectivity index (χ0v) is 14.7. The largest absolute Gasteiger partial charge is 0.348 e. The minimum atomic E-state index is -0.187. The van der Waals surface area contributed by atoms with Crippen molar-refractivity contribution in [2.45, 2.75) is 63.6 Å². The van der Waals surface area contributed by atoms with E-state index < -0.39 is 0 Å². The maximum absolute atomic E-state index is 5.85. The van der Waals surface area contributed by atoms with Crippen LogP contribution in [0.15, 0.2) is 11.6 Å². The van der Waals surface area contributed by atoms with Gasteiger partial charge in [-0.25, -0.2) is 0 Å². The summed E-state index contributed by atoms with van der Waals surface area (Å²) in [7, 11) is 0. The van der Waals surface area contributed by atoms with Crippen molar-refractivity contribution in [3.63, 3.8) is 0 Å². The van der Waals surface area contributed by atoms with E-state index in [0.29, 0.717) is 0 Å². The van der Waals surface area contributed by atoms with E-state index in [9.17, 15) is 0 Å². The van der Waals surface area contributed by atoms with E-state index in [-0.39, 0.29) is 5.79 Å². The summed E-state index contributed by atoms with van der Waals surface area (Å²) >= 11 is 1.47. The summed E-state index contributed by atoms with van der Waals surface area (Å²) in [6.45, 7) is 2.43. The maximum Gasteiger partial charge on any atom is 0.168 e. The fourth-order valence-electron chi connectivity index (χ4n) is 4.42. The molecule has 0 bridgehead atoms. The SMILES string of the molecule is CSOCCC=C1CCC(C2CCC3(CC2)OCCO3)CC1. The number of allylic oxidation sites excluding steroid dienone is 1. The molecule has 0 radical (unpaired) electrons. The van der Waals surface area contributed by atoms with Gasteiger partial charge in [-0.15, -0.1) is 0 Å². The van der Waals surface area contributed by atoms with Crippen LogP contribution in [0.3, 0.4) is 0 Å². The van der Waals surface area contributed by atoms with Gasteiger partial charge in [0.15, 0.2) is 5.79 Å². The second kappa shape index (κ2) is 8.18. The average Bonchev–Trinajstić information content (AvgIpc) is 3.01. The fourth-order valence-corrected chi connectivity index (χ4v) is 4.68. The molecular weight excluding hydrogens is 296 g/mol. The van der Waals surface area contributed by atoms with Crippen molar-refractivity contribution in [1.82, 2.24) is 0 Å². The normalized spacial score (nSPS) is 29.1. The molecule has 1 heterocycles. The molecule has 3 fully saturated rings. The summed E-state index contributed by atoms with van der Waals surface area (Å²) in [6.07, 6.45) is 15.7. The Balaban J connectivity index is 1.39. The smallest absolute Gasteiger partial charge is 0.168 e. The van der Waals surface area contributed by atoms with Gasteiger partial charge in [0.05, 0.1) is 19.8 Å². The topological polar surface area (TPSA) is 27.7 Å². The van der Waals surface area contributed by atoms with Crippen LogP contribution < -0.4 is 0 Å². The van der Waals surface area contributed by atoms with E-state index in [0.717, 1.165) is 50.9 Å². The summed E-state index contributed by atoms with van der Waals surface area (Å²) in [6, 6.07) is 0. The Labute approximate surface area is 139 Å². The Bertz CT molecular complexity index is 357. The van der Waals surface area contributed by atoms with Crippen LogP contribution in [-0.2, 0) is 13.7 Å². The fraction of sp³-hybridized carbons (Fsp3) is 0.889. The molecule has 3 nitrogen and oxygen atoms in total. The van der Waals surface area contributed by atoms with Crippen molar-refractivity contribution in [2.24, 2.45) is 11.8 Å². The molecule has 0 aromatic carbocycles. The van der Waals surface area contributed by atoms with E-state index in [1.165, 1.54) is 50.6 Å². The van der Waals surface area contributed by atoms with E-state index >= 15 is 0 Å². The quantitative estimate of drug-likeness (QED) is 0.415. The third-order valence-corrected chi connectivity index (χ3v) is 6.10. The zero-order valence-electron chi connectivity index (χ0n) is 13.9. The highest BCUT2D eigenvalue weighted by Crippen LogP contribution is 2.44. The van der Waals surface area contributed by atoms with E-state index in [4.69, 9.17) is 13.7 Å². The summed E-state index contributed by atoms with van der Waals surface area (Å²) in [4.78, 5) is 0. The standard InChI is InChI=1S/C18H30O3S/c1-22-21-12-2-3-15-4-6-16(7-5-15)17-8-10-18(11-9-17)19-13-14-20-18/h3,16-17H,2,4-14H2,1H3. The molecule has 22 heavy (non-hydrogen) atoms. The summed E-state index contributed by atoms with van der Waals surface area (Å²) < 4.78 is 17.0. The first-order valence-electron chi connectivity index (χ1n) is 8.93. The van der Waals surface area contributed by atoms with Gasteiger partial charge in [0.25, 0.3) is 0 Å². The van der Waals surface area contributed by atoms with Gasteiger partial charge in [0, 0.05) is 19.1 Å². The minimum Gasteiger partial charge on any atom is -0.348 e. The molecule has 126 valence electrons. The lowest BCUT2D eigenvalue weighted by Crippen LogP contribution is -2.37. The minimum absolute atomic E-state index is 0.187. The summed E-state index contributed by atoms with van der Waals surface area (Å²) in [5.74, 6) is 1.64. The molecule has 4 heteroatoms. The molecule has 0 atom stereocenters. The average molecular weight is 327 g/mol. The first-order chi connectivity index (χ1) is 10.8. The molecule has 0 amide bonds. The molecule has 1 spiro atoms. The highest BCUT2D eigenvalue weighted by molar-refractivity contribution is 7.93. The summed E-state index contributed by atoms with van der Waals surface area (Å²) in [5.41, 5.74) is 1.66. The Kier molecular flexibility index (Phi) is 6.25. The van der Waals surface area contributed by atoms with Gasteiger partial charge in [0.2, 0.25) is 0 Å². The predicted octanol–water partition coefficient (Wildman–Crippen LogP) is 4.72. The molecule has 0 aromatic heterocycles. The Morgan fingerprint density at radius 3 is 2.36 bits per heavy atom. The number of hydrogen-bond acceptors (Lipinski definition) is 4. The molecule has 1 saturated heterocycles. The van der Waals surface area contributed by atoms with Gasteiger partial charge in [-0.1, -0.05) is 11.6 Å². The number of hydrogen-bond donors (Lipinski definition) is 0. The van der Waals surface area contributed by atoms with Crippen LogP contribution in [0, 0.1) is 11.8 Å². The lowest BCUT2D eigenvalue weighted by molar-refractivity contribution is -0.185. The monoisotopic (exact) mass is 326 g/mol. The lowest BCUT2D eigenvalue weighted by atomic mass is 9.71. The second-order valence-corrected chi connectivity index (χ2v) is 7.49. The van der Waals surface area contributed by atoms with Gasteiger partial charge >= 0.3 is 0 Å².